The van der Waals surface area contributed by atoms with Crippen LogP contribution in [0.5, 0.6) is 5.75 Å². The number of benzene rings is 1. The first-order valence-electron chi connectivity index (χ1n) is 6.87. The summed E-state index contributed by atoms with van der Waals surface area (Å²) in [4.78, 5) is 11.7. The van der Waals surface area contributed by atoms with E-state index in [1.165, 1.54) is 12.1 Å². The van der Waals surface area contributed by atoms with Crippen molar-refractivity contribution in [3.63, 3.8) is 0 Å². The van der Waals surface area contributed by atoms with Crippen LogP contribution in [0.4, 0.5) is 8.78 Å². The number of carbonyl (C=O) groups excluding carboxylic acids is 1. The van der Waals surface area contributed by atoms with Gasteiger partial charge in [-0.25, -0.2) is 0 Å². The Bertz CT molecular complexity index is 435. The highest BCUT2D eigenvalue weighted by Crippen LogP contribution is 2.15. The Balaban J connectivity index is 2.34. The highest BCUT2D eigenvalue weighted by atomic mass is 19.3. The standard InChI is InChI=1S/C15H21F2NO3/c1-10(2)13(19)7-8-18-14(20)9-11-3-5-12(6-4-11)21-15(16)17/h3-6,10,13,15,19H,7-9H2,1-2H3,(H,18,20). The fourth-order valence-corrected chi connectivity index (χ4v) is 1.73. The van der Waals surface area contributed by atoms with Crippen molar-refractivity contribution >= 4 is 5.91 Å². The molecule has 0 aromatic heterocycles. The number of amides is 1. The van der Waals surface area contributed by atoms with E-state index in [0.717, 1.165) is 0 Å². The number of carbonyl (C=O) groups is 1. The molecular formula is C15H21F2NO3. The van der Waals surface area contributed by atoms with E-state index < -0.39 is 12.7 Å². The highest BCUT2D eigenvalue weighted by Gasteiger charge is 2.10. The molecule has 0 spiro atoms. The van der Waals surface area contributed by atoms with Crippen LogP contribution in [0, 0.1) is 5.92 Å². The predicted molar refractivity (Wildman–Crippen MR) is 75.2 cm³/mol. The number of halogens is 2. The Morgan fingerprint density at radius 3 is 2.43 bits per heavy atom. The van der Waals surface area contributed by atoms with Crippen LogP contribution >= 0.6 is 0 Å². The Kier molecular flexibility index (Phi) is 7.08. The Morgan fingerprint density at radius 1 is 1.29 bits per heavy atom. The minimum Gasteiger partial charge on any atom is -0.435 e. The highest BCUT2D eigenvalue weighted by molar-refractivity contribution is 5.78. The smallest absolute Gasteiger partial charge is 0.387 e. The maximum absolute atomic E-state index is 12.0. The third kappa shape index (κ3) is 7.04. The van der Waals surface area contributed by atoms with Crippen LogP contribution in [-0.2, 0) is 11.2 Å². The topological polar surface area (TPSA) is 58.6 Å². The van der Waals surface area contributed by atoms with Gasteiger partial charge >= 0.3 is 6.61 Å². The monoisotopic (exact) mass is 301 g/mol. The number of rotatable bonds is 8. The number of hydrogen-bond acceptors (Lipinski definition) is 3. The van der Waals surface area contributed by atoms with Gasteiger partial charge in [-0.15, -0.1) is 0 Å². The van der Waals surface area contributed by atoms with Gasteiger partial charge in [-0.3, -0.25) is 4.79 Å². The molecule has 0 fully saturated rings. The molecule has 0 radical (unpaired) electrons. The Labute approximate surface area is 123 Å². The molecule has 0 aliphatic carbocycles. The summed E-state index contributed by atoms with van der Waals surface area (Å²) in [5, 5.41) is 12.3. The van der Waals surface area contributed by atoms with Crippen molar-refractivity contribution in [1.82, 2.24) is 5.32 Å². The van der Waals surface area contributed by atoms with Crippen molar-refractivity contribution in [1.29, 1.82) is 0 Å². The Morgan fingerprint density at radius 2 is 1.90 bits per heavy atom. The molecule has 0 bridgehead atoms. The van der Waals surface area contributed by atoms with Gasteiger partial charge < -0.3 is 15.2 Å². The third-order valence-corrected chi connectivity index (χ3v) is 3.05. The molecule has 0 aliphatic rings. The SMILES string of the molecule is CC(C)C(O)CCNC(=O)Cc1ccc(OC(F)F)cc1. The normalized spacial score (nSPS) is 12.5. The maximum Gasteiger partial charge on any atom is 0.387 e. The number of nitrogens with one attached hydrogen (secondary N) is 1. The van der Waals surface area contributed by atoms with Crippen molar-refractivity contribution in [3.8, 4) is 5.75 Å². The first-order chi connectivity index (χ1) is 9.88. The molecule has 1 aromatic carbocycles. The van der Waals surface area contributed by atoms with E-state index in [-0.39, 0.29) is 24.0 Å². The van der Waals surface area contributed by atoms with Crippen LogP contribution in [0.2, 0.25) is 0 Å². The minimum absolute atomic E-state index is 0.0641. The molecule has 1 unspecified atom stereocenters. The molecule has 1 amide bonds. The lowest BCUT2D eigenvalue weighted by Crippen LogP contribution is -2.29. The Hall–Kier alpha value is -1.69. The molecule has 6 heteroatoms. The largest absolute Gasteiger partial charge is 0.435 e. The van der Waals surface area contributed by atoms with Gasteiger partial charge in [0, 0.05) is 6.54 Å². The number of alkyl halides is 2. The molecule has 0 aliphatic heterocycles. The van der Waals surface area contributed by atoms with Crippen molar-refractivity contribution in [3.05, 3.63) is 29.8 Å². The fourth-order valence-electron chi connectivity index (χ4n) is 1.73. The average molecular weight is 301 g/mol. The second kappa shape index (κ2) is 8.56. The van der Waals surface area contributed by atoms with Gasteiger partial charge in [0.15, 0.2) is 0 Å². The summed E-state index contributed by atoms with van der Waals surface area (Å²) in [6.45, 7) is 1.38. The molecule has 21 heavy (non-hydrogen) atoms. The lowest BCUT2D eigenvalue weighted by Gasteiger charge is -2.14. The van der Waals surface area contributed by atoms with Crippen molar-refractivity contribution in [2.24, 2.45) is 5.92 Å². The van der Waals surface area contributed by atoms with Gasteiger partial charge in [-0.05, 0) is 30.0 Å². The molecule has 1 atom stereocenters. The maximum atomic E-state index is 12.0. The van der Waals surface area contributed by atoms with Gasteiger partial charge in [-0.1, -0.05) is 26.0 Å². The van der Waals surface area contributed by atoms with Crippen molar-refractivity contribution < 1.29 is 23.4 Å². The summed E-state index contributed by atoms with van der Waals surface area (Å²) in [6, 6.07) is 5.94. The third-order valence-electron chi connectivity index (χ3n) is 3.05. The van der Waals surface area contributed by atoms with Crippen molar-refractivity contribution in [2.45, 2.75) is 39.4 Å². The fraction of sp³-hybridized carbons (Fsp3) is 0.533. The van der Waals surface area contributed by atoms with E-state index in [0.29, 0.717) is 18.5 Å². The quantitative estimate of drug-likeness (QED) is 0.775. The molecule has 0 saturated heterocycles. The van der Waals surface area contributed by atoms with E-state index in [1.807, 2.05) is 13.8 Å². The molecule has 0 heterocycles. The molecule has 1 aromatic rings. The molecular weight excluding hydrogens is 280 g/mol. The second-order valence-electron chi connectivity index (χ2n) is 5.15. The van der Waals surface area contributed by atoms with Crippen LogP contribution in [0.3, 0.4) is 0 Å². The van der Waals surface area contributed by atoms with Gasteiger partial charge in [0.05, 0.1) is 12.5 Å². The minimum atomic E-state index is -2.86. The first kappa shape index (κ1) is 17.4. The first-order valence-corrected chi connectivity index (χ1v) is 6.87. The van der Waals surface area contributed by atoms with Gasteiger partial charge in [-0.2, -0.15) is 8.78 Å². The lowest BCUT2D eigenvalue weighted by atomic mass is 10.0. The van der Waals surface area contributed by atoms with E-state index in [4.69, 9.17) is 0 Å². The summed E-state index contributed by atoms with van der Waals surface area (Å²) in [7, 11) is 0. The molecule has 118 valence electrons. The average Bonchev–Trinajstić information content (AvgIpc) is 2.40. The molecule has 2 N–H and O–H groups in total. The summed E-state index contributed by atoms with van der Waals surface area (Å²) in [6.07, 6.45) is 0.230. The zero-order valence-corrected chi connectivity index (χ0v) is 12.2. The second-order valence-corrected chi connectivity index (χ2v) is 5.15. The van der Waals surface area contributed by atoms with Gasteiger partial charge in [0.1, 0.15) is 5.75 Å². The van der Waals surface area contributed by atoms with Gasteiger partial charge in [0.25, 0.3) is 0 Å². The van der Waals surface area contributed by atoms with Crippen molar-refractivity contribution in [2.75, 3.05) is 6.54 Å². The molecule has 1 rings (SSSR count). The van der Waals surface area contributed by atoms with E-state index in [1.54, 1.807) is 12.1 Å². The van der Waals surface area contributed by atoms with Crippen LogP contribution in [0.25, 0.3) is 0 Å². The van der Waals surface area contributed by atoms with Crippen LogP contribution in [0.15, 0.2) is 24.3 Å². The summed E-state index contributed by atoms with van der Waals surface area (Å²) >= 11 is 0. The number of aliphatic hydroxyl groups excluding tert-OH is 1. The van der Waals surface area contributed by atoms with E-state index in [2.05, 4.69) is 10.1 Å². The predicted octanol–water partition coefficient (Wildman–Crippen LogP) is 2.35. The number of ether oxygens (including phenoxy) is 1. The van der Waals surface area contributed by atoms with Crippen LogP contribution in [0.1, 0.15) is 25.8 Å². The summed E-state index contributed by atoms with van der Waals surface area (Å²) in [5.74, 6) is 0.0481. The van der Waals surface area contributed by atoms with Gasteiger partial charge in [0.2, 0.25) is 5.91 Å². The lowest BCUT2D eigenvalue weighted by molar-refractivity contribution is -0.120. The molecule has 4 nitrogen and oxygen atoms in total. The zero-order valence-electron chi connectivity index (χ0n) is 12.2. The van der Waals surface area contributed by atoms with E-state index in [9.17, 15) is 18.7 Å². The zero-order chi connectivity index (χ0) is 15.8. The summed E-state index contributed by atoms with van der Waals surface area (Å²) in [5.41, 5.74) is 0.707. The van der Waals surface area contributed by atoms with Crippen LogP contribution < -0.4 is 10.1 Å². The molecule has 0 saturated carbocycles. The van der Waals surface area contributed by atoms with Crippen LogP contribution in [-0.4, -0.2) is 30.3 Å². The number of hydrogen-bond donors (Lipinski definition) is 2. The number of aliphatic hydroxyl groups is 1. The van der Waals surface area contributed by atoms with E-state index >= 15 is 0 Å². The summed E-state index contributed by atoms with van der Waals surface area (Å²) < 4.78 is 28.2.